The number of aromatic nitrogens is 2. The van der Waals surface area contributed by atoms with Crippen LogP contribution in [0.1, 0.15) is 37.1 Å². The first-order valence-electron chi connectivity index (χ1n) is 5.77. The minimum atomic E-state index is 0.259. The van der Waals surface area contributed by atoms with Crippen LogP contribution in [-0.4, -0.2) is 10.2 Å². The van der Waals surface area contributed by atoms with E-state index in [4.69, 9.17) is 0 Å². The Labute approximate surface area is 124 Å². The molecule has 0 aliphatic rings. The number of H-pyrrole nitrogens is 1. The Hall–Kier alpha value is -0.650. The molecule has 1 aromatic heterocycles. The highest BCUT2D eigenvalue weighted by Crippen LogP contribution is 2.28. The van der Waals surface area contributed by atoms with Crippen LogP contribution in [-0.2, 0) is 0 Å². The number of nitrogens with one attached hydrogen (secondary N) is 2. The van der Waals surface area contributed by atoms with E-state index in [9.17, 15) is 0 Å². The van der Waals surface area contributed by atoms with Crippen molar-refractivity contribution in [3.05, 3.63) is 50.7 Å². The quantitative estimate of drug-likeness (QED) is 0.837. The molecular formula is C13H15Br2N3. The summed E-state index contributed by atoms with van der Waals surface area (Å²) in [7, 11) is 0. The first-order valence-corrected chi connectivity index (χ1v) is 7.36. The lowest BCUT2D eigenvalue weighted by atomic mass is 10.1. The predicted octanol–water partition coefficient (Wildman–Crippen LogP) is 4.35. The lowest BCUT2D eigenvalue weighted by Crippen LogP contribution is -2.22. The summed E-state index contributed by atoms with van der Waals surface area (Å²) in [5, 5.41) is 10.4. The molecule has 5 heteroatoms. The number of halogens is 2. The van der Waals surface area contributed by atoms with Crippen molar-refractivity contribution < 1.29 is 0 Å². The van der Waals surface area contributed by atoms with Crippen molar-refractivity contribution in [2.24, 2.45) is 0 Å². The summed E-state index contributed by atoms with van der Waals surface area (Å²) in [6, 6.07) is 6.76. The second-order valence-corrected chi connectivity index (χ2v) is 6.08. The largest absolute Gasteiger partial charge is 0.303 e. The van der Waals surface area contributed by atoms with Crippen LogP contribution in [0.4, 0.5) is 0 Å². The van der Waals surface area contributed by atoms with Crippen molar-refractivity contribution in [2.45, 2.75) is 25.9 Å². The summed E-state index contributed by atoms with van der Waals surface area (Å²) >= 11 is 7.06. The molecule has 0 saturated carbocycles. The third kappa shape index (κ3) is 3.22. The lowest BCUT2D eigenvalue weighted by Gasteiger charge is -2.20. The molecule has 0 radical (unpaired) electrons. The number of hydrogen-bond donors (Lipinski definition) is 2. The highest BCUT2D eigenvalue weighted by Gasteiger charge is 2.14. The van der Waals surface area contributed by atoms with Crippen molar-refractivity contribution in [2.75, 3.05) is 0 Å². The Bertz CT molecular complexity index is 511. The third-order valence-corrected chi connectivity index (χ3v) is 4.13. The third-order valence-electron chi connectivity index (χ3n) is 2.95. The van der Waals surface area contributed by atoms with Crippen molar-refractivity contribution in [3.63, 3.8) is 0 Å². The van der Waals surface area contributed by atoms with Gasteiger partial charge in [-0.1, -0.05) is 37.9 Å². The first-order chi connectivity index (χ1) is 8.58. The first kappa shape index (κ1) is 13.8. The second-order valence-electron chi connectivity index (χ2n) is 4.31. The maximum Gasteiger partial charge on any atom is 0.0534 e. The molecule has 1 aromatic carbocycles. The number of hydrogen-bond acceptors (Lipinski definition) is 2. The van der Waals surface area contributed by atoms with Crippen LogP contribution < -0.4 is 5.32 Å². The molecule has 0 aliphatic carbocycles. The average molecular weight is 373 g/mol. The van der Waals surface area contributed by atoms with E-state index >= 15 is 0 Å². The van der Waals surface area contributed by atoms with Crippen molar-refractivity contribution in [1.29, 1.82) is 0 Å². The Morgan fingerprint density at radius 3 is 2.61 bits per heavy atom. The molecule has 0 spiro atoms. The lowest BCUT2D eigenvalue weighted by molar-refractivity contribution is 0.493. The van der Waals surface area contributed by atoms with E-state index in [1.165, 1.54) is 5.56 Å². The number of benzene rings is 1. The van der Waals surface area contributed by atoms with Gasteiger partial charge < -0.3 is 5.32 Å². The molecule has 3 nitrogen and oxygen atoms in total. The number of rotatable bonds is 4. The van der Waals surface area contributed by atoms with Gasteiger partial charge in [-0.25, -0.2) is 0 Å². The molecular weight excluding hydrogens is 358 g/mol. The Balaban J connectivity index is 2.10. The van der Waals surface area contributed by atoms with Gasteiger partial charge in [-0.2, -0.15) is 5.10 Å². The highest BCUT2D eigenvalue weighted by molar-refractivity contribution is 9.11. The molecule has 0 saturated heterocycles. The zero-order chi connectivity index (χ0) is 13.1. The van der Waals surface area contributed by atoms with Crippen LogP contribution in [0, 0.1) is 0 Å². The summed E-state index contributed by atoms with van der Waals surface area (Å²) in [6.07, 6.45) is 3.77. The fraction of sp³-hybridized carbons (Fsp3) is 0.308. The summed E-state index contributed by atoms with van der Waals surface area (Å²) in [5.41, 5.74) is 2.41. The van der Waals surface area contributed by atoms with E-state index in [0.717, 1.165) is 14.5 Å². The molecule has 0 fully saturated rings. The summed E-state index contributed by atoms with van der Waals surface area (Å²) < 4.78 is 2.18. The molecule has 0 aliphatic heterocycles. The molecule has 2 atom stereocenters. The fourth-order valence-electron chi connectivity index (χ4n) is 1.91. The van der Waals surface area contributed by atoms with Crippen LogP contribution in [0.3, 0.4) is 0 Å². The SMILES string of the molecule is CC(NC(C)c1ccc(Br)cc1Br)c1cn[nH]c1. The van der Waals surface area contributed by atoms with E-state index < -0.39 is 0 Å². The van der Waals surface area contributed by atoms with Crippen LogP contribution >= 0.6 is 31.9 Å². The van der Waals surface area contributed by atoms with Crippen molar-refractivity contribution in [3.8, 4) is 0 Å². The molecule has 2 unspecified atom stereocenters. The van der Waals surface area contributed by atoms with Gasteiger partial charge in [0.1, 0.15) is 0 Å². The highest BCUT2D eigenvalue weighted by atomic mass is 79.9. The zero-order valence-corrected chi connectivity index (χ0v) is 13.4. The second kappa shape index (κ2) is 5.99. The number of nitrogens with zero attached hydrogens (tertiary/aromatic N) is 1. The maximum atomic E-state index is 3.97. The monoisotopic (exact) mass is 371 g/mol. The van der Waals surface area contributed by atoms with Gasteiger partial charge in [0.05, 0.1) is 6.20 Å². The van der Waals surface area contributed by atoms with E-state index in [-0.39, 0.29) is 12.1 Å². The molecule has 96 valence electrons. The Morgan fingerprint density at radius 1 is 1.22 bits per heavy atom. The Kier molecular flexibility index (Phi) is 4.59. The van der Waals surface area contributed by atoms with E-state index in [2.05, 4.69) is 79.4 Å². The molecule has 18 heavy (non-hydrogen) atoms. The molecule has 2 N–H and O–H groups in total. The van der Waals surface area contributed by atoms with Crippen LogP contribution in [0.2, 0.25) is 0 Å². The maximum absolute atomic E-state index is 3.97. The van der Waals surface area contributed by atoms with Gasteiger partial charge in [0, 0.05) is 32.8 Å². The van der Waals surface area contributed by atoms with Gasteiger partial charge in [0.15, 0.2) is 0 Å². The topological polar surface area (TPSA) is 40.7 Å². The van der Waals surface area contributed by atoms with E-state index in [1.807, 2.05) is 12.4 Å². The minimum absolute atomic E-state index is 0.259. The van der Waals surface area contributed by atoms with Gasteiger partial charge in [0.25, 0.3) is 0 Å². The van der Waals surface area contributed by atoms with Gasteiger partial charge in [0.2, 0.25) is 0 Å². The molecule has 1 heterocycles. The van der Waals surface area contributed by atoms with Crippen LogP contribution in [0.25, 0.3) is 0 Å². The van der Waals surface area contributed by atoms with Gasteiger partial charge in [-0.3, -0.25) is 5.10 Å². The average Bonchev–Trinajstić information content (AvgIpc) is 2.81. The van der Waals surface area contributed by atoms with Crippen molar-refractivity contribution in [1.82, 2.24) is 15.5 Å². The molecule has 2 rings (SSSR count). The Morgan fingerprint density at radius 2 is 2.00 bits per heavy atom. The summed E-state index contributed by atoms with van der Waals surface area (Å²) in [5.74, 6) is 0. The van der Waals surface area contributed by atoms with Crippen molar-refractivity contribution >= 4 is 31.9 Å². The summed E-state index contributed by atoms with van der Waals surface area (Å²) in [4.78, 5) is 0. The van der Waals surface area contributed by atoms with Gasteiger partial charge in [-0.15, -0.1) is 0 Å². The van der Waals surface area contributed by atoms with Gasteiger partial charge >= 0.3 is 0 Å². The fourth-order valence-corrected chi connectivity index (χ4v) is 3.30. The minimum Gasteiger partial charge on any atom is -0.303 e. The molecule has 2 aromatic rings. The zero-order valence-electron chi connectivity index (χ0n) is 10.2. The van der Waals surface area contributed by atoms with E-state index in [1.54, 1.807) is 0 Å². The molecule has 0 amide bonds. The van der Waals surface area contributed by atoms with E-state index in [0.29, 0.717) is 0 Å². The smallest absolute Gasteiger partial charge is 0.0534 e. The summed E-state index contributed by atoms with van der Waals surface area (Å²) in [6.45, 7) is 4.29. The van der Waals surface area contributed by atoms with Gasteiger partial charge in [-0.05, 0) is 31.5 Å². The number of aromatic amines is 1. The normalized spacial score (nSPS) is 14.4. The predicted molar refractivity (Wildman–Crippen MR) is 80.4 cm³/mol. The van der Waals surface area contributed by atoms with Crippen LogP contribution in [0.5, 0.6) is 0 Å². The standard InChI is InChI=1S/C13H15Br2N3/c1-8(10-6-16-17-7-10)18-9(2)12-4-3-11(14)5-13(12)15/h3-9,18H,1-2H3,(H,16,17). The van der Waals surface area contributed by atoms with Crippen LogP contribution in [0.15, 0.2) is 39.5 Å². The molecule has 0 bridgehead atoms.